The van der Waals surface area contributed by atoms with Gasteiger partial charge in [0.1, 0.15) is 0 Å². The van der Waals surface area contributed by atoms with Crippen LogP contribution >= 0.6 is 0 Å². The number of anilines is 1. The molecule has 2 amide bonds. The number of ether oxygens (including phenoxy) is 1. The molecule has 2 N–H and O–H groups in total. The Hall–Kier alpha value is -2.89. The Kier molecular flexibility index (Phi) is 4.97. The first-order valence-electron chi connectivity index (χ1n) is 8.08. The molecular formula is C19H19FN2O3. The average Bonchev–Trinajstić information content (AvgIpc) is 3.39. The van der Waals surface area contributed by atoms with Crippen molar-refractivity contribution in [3.05, 3.63) is 59.4 Å². The maximum absolute atomic E-state index is 13.7. The van der Waals surface area contributed by atoms with Gasteiger partial charge < -0.3 is 15.4 Å². The zero-order valence-corrected chi connectivity index (χ0v) is 13.8. The summed E-state index contributed by atoms with van der Waals surface area (Å²) in [5, 5.41) is 5.63. The van der Waals surface area contributed by atoms with Crippen LogP contribution in [0.2, 0.25) is 0 Å². The molecular weight excluding hydrogens is 323 g/mol. The highest BCUT2D eigenvalue weighted by molar-refractivity contribution is 5.97. The van der Waals surface area contributed by atoms with Gasteiger partial charge in [-0.25, -0.2) is 4.39 Å². The van der Waals surface area contributed by atoms with Gasteiger partial charge >= 0.3 is 0 Å². The topological polar surface area (TPSA) is 67.4 Å². The lowest BCUT2D eigenvalue weighted by atomic mass is 10.1. The van der Waals surface area contributed by atoms with E-state index in [1.54, 1.807) is 30.3 Å². The molecule has 0 radical (unpaired) electrons. The van der Waals surface area contributed by atoms with E-state index in [1.165, 1.54) is 19.2 Å². The molecule has 1 fully saturated rings. The lowest BCUT2D eigenvalue weighted by Crippen LogP contribution is -2.25. The summed E-state index contributed by atoms with van der Waals surface area (Å²) in [5.41, 5.74) is 1.57. The SMILES string of the molecule is COc1ccc(CC(=O)Nc2cccc(C(=O)NC3CC3)c2)cc1F. The number of nitrogens with one attached hydrogen (secondary N) is 2. The van der Waals surface area contributed by atoms with Gasteiger partial charge in [-0.3, -0.25) is 9.59 Å². The van der Waals surface area contributed by atoms with E-state index in [4.69, 9.17) is 4.74 Å². The Morgan fingerprint density at radius 3 is 2.68 bits per heavy atom. The Morgan fingerprint density at radius 2 is 2.00 bits per heavy atom. The molecule has 0 heterocycles. The van der Waals surface area contributed by atoms with Crippen LogP contribution in [-0.2, 0) is 11.2 Å². The second kappa shape index (κ2) is 7.34. The third-order valence-electron chi connectivity index (χ3n) is 3.90. The predicted molar refractivity (Wildman–Crippen MR) is 92.2 cm³/mol. The molecule has 0 atom stereocenters. The van der Waals surface area contributed by atoms with Crippen LogP contribution in [0, 0.1) is 5.82 Å². The number of hydrogen-bond acceptors (Lipinski definition) is 3. The van der Waals surface area contributed by atoms with Crippen LogP contribution in [0.4, 0.5) is 10.1 Å². The van der Waals surface area contributed by atoms with Crippen LogP contribution in [0.25, 0.3) is 0 Å². The largest absolute Gasteiger partial charge is 0.494 e. The number of hydrogen-bond donors (Lipinski definition) is 2. The fraction of sp³-hybridized carbons (Fsp3) is 0.263. The molecule has 0 unspecified atom stereocenters. The summed E-state index contributed by atoms with van der Waals surface area (Å²) in [6, 6.07) is 11.4. The summed E-state index contributed by atoms with van der Waals surface area (Å²) in [5.74, 6) is -0.801. The molecule has 5 nitrogen and oxygen atoms in total. The molecule has 3 rings (SSSR count). The van der Waals surface area contributed by atoms with Gasteiger partial charge in [-0.15, -0.1) is 0 Å². The second-order valence-corrected chi connectivity index (χ2v) is 6.02. The van der Waals surface area contributed by atoms with Crippen molar-refractivity contribution < 1.29 is 18.7 Å². The third-order valence-corrected chi connectivity index (χ3v) is 3.90. The van der Waals surface area contributed by atoms with Gasteiger partial charge in [0.05, 0.1) is 13.5 Å². The van der Waals surface area contributed by atoms with E-state index in [0.717, 1.165) is 12.8 Å². The minimum Gasteiger partial charge on any atom is -0.494 e. The Labute approximate surface area is 145 Å². The van der Waals surface area contributed by atoms with Gasteiger partial charge in [0.15, 0.2) is 11.6 Å². The molecule has 2 aromatic rings. The summed E-state index contributed by atoms with van der Waals surface area (Å²) < 4.78 is 18.5. The maximum Gasteiger partial charge on any atom is 0.251 e. The van der Waals surface area contributed by atoms with E-state index in [0.29, 0.717) is 16.8 Å². The lowest BCUT2D eigenvalue weighted by Gasteiger charge is -2.09. The van der Waals surface area contributed by atoms with Crippen molar-refractivity contribution in [2.45, 2.75) is 25.3 Å². The first-order chi connectivity index (χ1) is 12.0. The highest BCUT2D eigenvalue weighted by Gasteiger charge is 2.23. The molecule has 130 valence electrons. The molecule has 1 aliphatic rings. The molecule has 1 aliphatic carbocycles. The molecule has 25 heavy (non-hydrogen) atoms. The van der Waals surface area contributed by atoms with Crippen molar-refractivity contribution >= 4 is 17.5 Å². The highest BCUT2D eigenvalue weighted by atomic mass is 19.1. The molecule has 2 aromatic carbocycles. The number of methoxy groups -OCH3 is 1. The first-order valence-corrected chi connectivity index (χ1v) is 8.08. The van der Waals surface area contributed by atoms with Gasteiger partial charge in [-0.1, -0.05) is 12.1 Å². The van der Waals surface area contributed by atoms with Crippen LogP contribution < -0.4 is 15.4 Å². The Morgan fingerprint density at radius 1 is 1.20 bits per heavy atom. The molecule has 0 bridgehead atoms. The van der Waals surface area contributed by atoms with Crippen molar-refractivity contribution in [3.63, 3.8) is 0 Å². The van der Waals surface area contributed by atoms with Gasteiger partial charge in [0.25, 0.3) is 5.91 Å². The smallest absolute Gasteiger partial charge is 0.251 e. The first kappa shape index (κ1) is 17.0. The number of rotatable bonds is 6. The molecule has 6 heteroatoms. The number of halogens is 1. The standard InChI is InChI=1S/C19H19FN2O3/c1-25-17-8-5-12(9-16(17)20)10-18(23)21-15-4-2-3-13(11-15)19(24)22-14-6-7-14/h2-5,8-9,11,14H,6-7,10H2,1H3,(H,21,23)(H,22,24). The van der Waals surface area contributed by atoms with Gasteiger partial charge in [0.2, 0.25) is 5.91 Å². The van der Waals surface area contributed by atoms with Crippen molar-refractivity contribution in [1.82, 2.24) is 5.32 Å². The van der Waals surface area contributed by atoms with E-state index >= 15 is 0 Å². The van der Waals surface area contributed by atoms with Gasteiger partial charge in [-0.05, 0) is 48.7 Å². The van der Waals surface area contributed by atoms with Crippen LogP contribution in [0.15, 0.2) is 42.5 Å². The molecule has 1 saturated carbocycles. The summed E-state index contributed by atoms with van der Waals surface area (Å²) in [6.07, 6.45) is 2.06. The third kappa shape index (κ3) is 4.56. The summed E-state index contributed by atoms with van der Waals surface area (Å²) in [4.78, 5) is 24.2. The summed E-state index contributed by atoms with van der Waals surface area (Å²) >= 11 is 0. The van der Waals surface area contributed by atoms with Crippen LogP contribution in [-0.4, -0.2) is 25.0 Å². The quantitative estimate of drug-likeness (QED) is 0.848. The number of benzene rings is 2. The number of amides is 2. The zero-order chi connectivity index (χ0) is 17.8. The minimum absolute atomic E-state index is 0.0272. The van der Waals surface area contributed by atoms with E-state index in [9.17, 15) is 14.0 Å². The van der Waals surface area contributed by atoms with Crippen molar-refractivity contribution in [3.8, 4) is 5.75 Å². The van der Waals surface area contributed by atoms with E-state index < -0.39 is 5.82 Å². The average molecular weight is 342 g/mol. The van der Waals surface area contributed by atoms with Gasteiger partial charge in [-0.2, -0.15) is 0 Å². The molecule has 0 aliphatic heterocycles. The molecule has 0 aromatic heterocycles. The fourth-order valence-electron chi connectivity index (χ4n) is 2.45. The van der Waals surface area contributed by atoms with Crippen LogP contribution in [0.5, 0.6) is 5.75 Å². The molecule has 0 spiro atoms. The summed E-state index contributed by atoms with van der Waals surface area (Å²) in [6.45, 7) is 0. The van der Waals surface area contributed by atoms with E-state index in [2.05, 4.69) is 10.6 Å². The molecule has 0 saturated heterocycles. The fourth-order valence-corrected chi connectivity index (χ4v) is 2.45. The lowest BCUT2D eigenvalue weighted by molar-refractivity contribution is -0.115. The second-order valence-electron chi connectivity index (χ2n) is 6.02. The number of carbonyl (C=O) groups excluding carboxylic acids is 2. The van der Waals surface area contributed by atoms with Gasteiger partial charge in [0, 0.05) is 17.3 Å². The summed E-state index contributed by atoms with van der Waals surface area (Å²) in [7, 11) is 1.39. The number of carbonyl (C=O) groups is 2. The maximum atomic E-state index is 13.7. The van der Waals surface area contributed by atoms with Crippen LogP contribution in [0.1, 0.15) is 28.8 Å². The zero-order valence-electron chi connectivity index (χ0n) is 13.8. The normalized spacial score (nSPS) is 13.2. The van der Waals surface area contributed by atoms with Crippen molar-refractivity contribution in [2.24, 2.45) is 0 Å². The Bertz CT molecular complexity index is 803. The highest BCUT2D eigenvalue weighted by Crippen LogP contribution is 2.20. The van der Waals surface area contributed by atoms with Crippen LogP contribution in [0.3, 0.4) is 0 Å². The minimum atomic E-state index is -0.508. The van der Waals surface area contributed by atoms with Crippen molar-refractivity contribution in [1.29, 1.82) is 0 Å². The monoisotopic (exact) mass is 342 g/mol. The van der Waals surface area contributed by atoms with Crippen molar-refractivity contribution in [2.75, 3.05) is 12.4 Å². The van der Waals surface area contributed by atoms with E-state index in [1.807, 2.05) is 0 Å². The Balaban J connectivity index is 1.62. The predicted octanol–water partition coefficient (Wildman–Crippen LogP) is 2.91. The van der Waals surface area contributed by atoms with E-state index in [-0.39, 0.29) is 30.0 Å².